The van der Waals surface area contributed by atoms with Crippen LogP contribution in [0.3, 0.4) is 0 Å². The molecule has 0 amide bonds. The summed E-state index contributed by atoms with van der Waals surface area (Å²) in [5, 5.41) is 11.5. The van der Waals surface area contributed by atoms with Crippen LogP contribution >= 0.6 is 27.0 Å². The fraction of sp³-hybridized carbons (Fsp3) is 0.300. The number of hydrogen-bond acceptors (Lipinski definition) is 10. The number of thiazole rings is 1. The minimum atomic E-state index is -5.21. The molecule has 36 heavy (non-hydrogen) atoms. The Morgan fingerprint density at radius 3 is 2.64 bits per heavy atom. The predicted octanol–water partition coefficient (Wildman–Crippen LogP) is 1.98. The fourth-order valence-corrected chi connectivity index (χ4v) is 5.99. The lowest BCUT2D eigenvalue weighted by atomic mass is 10.2. The van der Waals surface area contributed by atoms with Crippen LogP contribution in [0, 0.1) is 13.8 Å². The van der Waals surface area contributed by atoms with Crippen molar-refractivity contribution in [2.75, 3.05) is 12.3 Å². The summed E-state index contributed by atoms with van der Waals surface area (Å²) >= 11 is 1.24. The standard InChI is InChI=1S/C20H25N5O8P2S/c1-13-18(7-9-32-35(30,31)33-34(27,28)29)36-20(17(26)6-5-15-4-3-8-22-10-15)25(13)12-16-11-23-14(2)24-19(16)21/h3-6,8,10-11,17,26H,7,9,12H2,1-2H3,(H4-,21,23,24,27,28,29,30,31)/p+1/b6-5+/t17-/m0/s1. The van der Waals surface area contributed by atoms with Crippen LogP contribution in [0.4, 0.5) is 5.82 Å². The molecule has 16 heteroatoms. The van der Waals surface area contributed by atoms with Gasteiger partial charge in [-0.25, -0.2) is 19.1 Å². The third-order valence-corrected chi connectivity index (χ3v) is 8.45. The number of aliphatic hydroxyl groups excluding tert-OH is 1. The normalized spacial score (nSPS) is 14.7. The van der Waals surface area contributed by atoms with Gasteiger partial charge in [-0.05, 0) is 24.6 Å². The highest BCUT2D eigenvalue weighted by Crippen LogP contribution is 2.57. The van der Waals surface area contributed by atoms with Gasteiger partial charge in [0.1, 0.15) is 11.6 Å². The van der Waals surface area contributed by atoms with Crippen LogP contribution in [0.15, 0.2) is 36.8 Å². The largest absolute Gasteiger partial charge is 0.481 e. The predicted molar refractivity (Wildman–Crippen MR) is 130 cm³/mol. The lowest BCUT2D eigenvalue weighted by Gasteiger charge is -2.11. The van der Waals surface area contributed by atoms with E-state index in [1.807, 2.05) is 10.6 Å². The quantitative estimate of drug-likeness (QED) is 0.169. The van der Waals surface area contributed by atoms with Crippen molar-refractivity contribution in [3.8, 4) is 0 Å². The Labute approximate surface area is 210 Å². The third kappa shape index (κ3) is 8.07. The first-order chi connectivity index (χ1) is 16.8. The highest BCUT2D eigenvalue weighted by molar-refractivity contribution is 7.60. The first kappa shape index (κ1) is 28.2. The number of phosphoric acid groups is 2. The van der Waals surface area contributed by atoms with Crippen molar-refractivity contribution in [3.63, 3.8) is 0 Å². The maximum absolute atomic E-state index is 11.7. The monoisotopic (exact) mass is 558 g/mol. The zero-order valence-corrected chi connectivity index (χ0v) is 21.9. The number of aryl methyl sites for hydroxylation is 1. The van der Waals surface area contributed by atoms with E-state index in [1.165, 1.54) is 11.3 Å². The van der Waals surface area contributed by atoms with E-state index in [2.05, 4.69) is 19.3 Å². The van der Waals surface area contributed by atoms with E-state index in [0.29, 0.717) is 27.1 Å². The van der Waals surface area contributed by atoms with Gasteiger partial charge in [-0.3, -0.25) is 9.51 Å². The molecule has 2 atom stereocenters. The number of aromatic nitrogens is 4. The number of nitrogens with two attached hydrogens (primary N) is 1. The second-order valence-electron chi connectivity index (χ2n) is 7.58. The number of phosphoric ester groups is 1. The van der Waals surface area contributed by atoms with E-state index in [0.717, 1.165) is 11.3 Å². The van der Waals surface area contributed by atoms with E-state index < -0.39 is 21.7 Å². The van der Waals surface area contributed by atoms with Gasteiger partial charge in [0.05, 0.1) is 17.0 Å². The smallest absolute Gasteiger partial charge is 0.383 e. The maximum atomic E-state index is 11.7. The number of nitrogen functional groups attached to an aromatic ring is 1. The van der Waals surface area contributed by atoms with Crippen molar-refractivity contribution in [1.82, 2.24) is 15.0 Å². The number of nitrogens with zero attached hydrogens (tertiary/aromatic N) is 4. The van der Waals surface area contributed by atoms with Gasteiger partial charge in [0.25, 0.3) is 5.01 Å². The summed E-state index contributed by atoms with van der Waals surface area (Å²) in [7, 11) is -10.2. The lowest BCUT2D eigenvalue weighted by Crippen LogP contribution is -2.40. The molecule has 0 saturated heterocycles. The number of rotatable bonds is 11. The van der Waals surface area contributed by atoms with Gasteiger partial charge >= 0.3 is 15.6 Å². The molecule has 0 radical (unpaired) electrons. The van der Waals surface area contributed by atoms with Gasteiger partial charge in [-0.1, -0.05) is 23.5 Å². The van der Waals surface area contributed by atoms with Crippen LogP contribution in [0.25, 0.3) is 6.08 Å². The molecule has 0 saturated carbocycles. The van der Waals surface area contributed by atoms with Crippen LogP contribution in [0.2, 0.25) is 0 Å². The molecular formula is C20H26N5O8P2S+. The third-order valence-electron chi connectivity index (χ3n) is 4.85. The van der Waals surface area contributed by atoms with Crippen LogP contribution in [0.1, 0.15) is 38.6 Å². The highest BCUT2D eigenvalue weighted by Gasteiger charge is 2.33. The molecule has 3 aromatic rings. The highest BCUT2D eigenvalue weighted by atomic mass is 32.1. The number of hydrogen-bond donors (Lipinski definition) is 5. The Morgan fingerprint density at radius 2 is 2.00 bits per heavy atom. The Bertz CT molecular complexity index is 1330. The molecule has 0 spiro atoms. The van der Waals surface area contributed by atoms with E-state index in [-0.39, 0.29) is 19.6 Å². The van der Waals surface area contributed by atoms with E-state index in [9.17, 15) is 19.1 Å². The first-order valence-electron chi connectivity index (χ1n) is 10.4. The molecule has 194 valence electrons. The molecule has 0 aromatic carbocycles. The SMILES string of the molecule is Cc1ncc(C[n+]2c([C@@H](O)/C=C/c3cccnc3)sc(CCOP(=O)(O)OP(=O)(O)O)c2C)c(N)n1. The summed E-state index contributed by atoms with van der Waals surface area (Å²) in [5.41, 5.74) is 8.21. The van der Waals surface area contributed by atoms with Crippen molar-refractivity contribution < 1.29 is 42.3 Å². The second kappa shape index (κ2) is 11.8. The second-order valence-corrected chi connectivity index (χ2v) is 11.5. The zero-order chi connectivity index (χ0) is 26.5. The zero-order valence-electron chi connectivity index (χ0n) is 19.3. The molecule has 1 unspecified atom stereocenters. The Hall–Kier alpha value is -2.38. The molecule has 6 N–H and O–H groups in total. The topological polar surface area (TPSA) is 202 Å². The molecule has 3 heterocycles. The molecule has 0 fully saturated rings. The van der Waals surface area contributed by atoms with E-state index in [4.69, 9.17) is 20.0 Å². The van der Waals surface area contributed by atoms with Crippen LogP contribution < -0.4 is 10.3 Å². The average molecular weight is 558 g/mol. The minimum Gasteiger partial charge on any atom is -0.383 e. The van der Waals surface area contributed by atoms with Crippen LogP contribution in [0.5, 0.6) is 0 Å². The Morgan fingerprint density at radius 1 is 1.25 bits per heavy atom. The fourth-order valence-electron chi connectivity index (χ4n) is 3.19. The number of aliphatic hydroxyl groups is 1. The Kier molecular flexibility index (Phi) is 9.23. The average Bonchev–Trinajstić information content (AvgIpc) is 3.08. The molecule has 13 nitrogen and oxygen atoms in total. The summed E-state index contributed by atoms with van der Waals surface area (Å²) < 4.78 is 32.9. The molecule has 0 aliphatic rings. The van der Waals surface area contributed by atoms with Gasteiger partial charge in [-0.15, -0.1) is 0 Å². The van der Waals surface area contributed by atoms with Crippen molar-refractivity contribution in [2.24, 2.45) is 0 Å². The number of anilines is 1. The van der Waals surface area contributed by atoms with Crippen LogP contribution in [-0.4, -0.2) is 41.3 Å². The summed E-state index contributed by atoms with van der Waals surface area (Å²) in [6.45, 7) is 3.40. The van der Waals surface area contributed by atoms with Gasteiger partial charge in [-0.2, -0.15) is 8.88 Å². The van der Waals surface area contributed by atoms with Crippen molar-refractivity contribution in [2.45, 2.75) is 32.9 Å². The summed E-state index contributed by atoms with van der Waals surface area (Å²) in [5.74, 6) is 0.819. The first-order valence-corrected chi connectivity index (χ1v) is 14.3. The Balaban J connectivity index is 1.87. The molecule has 0 aliphatic heterocycles. The molecular weight excluding hydrogens is 532 g/mol. The maximum Gasteiger partial charge on any atom is 0.481 e. The summed E-state index contributed by atoms with van der Waals surface area (Å²) in [6.07, 6.45) is 7.31. The van der Waals surface area contributed by atoms with Gasteiger partial charge in [0.15, 0.2) is 18.3 Å². The number of pyridine rings is 1. The molecule has 0 bridgehead atoms. The summed E-state index contributed by atoms with van der Waals surface area (Å²) in [4.78, 5) is 40.1. The van der Waals surface area contributed by atoms with Gasteiger partial charge < -0.3 is 25.5 Å². The van der Waals surface area contributed by atoms with Crippen LogP contribution in [-0.2, 0) is 30.9 Å². The van der Waals surface area contributed by atoms with Crippen molar-refractivity contribution in [3.05, 3.63) is 69.3 Å². The molecule has 3 aromatic heterocycles. The molecule has 0 aliphatic carbocycles. The van der Waals surface area contributed by atoms with Crippen molar-refractivity contribution >= 4 is 38.9 Å². The van der Waals surface area contributed by atoms with E-state index >= 15 is 0 Å². The van der Waals surface area contributed by atoms with E-state index in [1.54, 1.807) is 50.7 Å². The van der Waals surface area contributed by atoms with Gasteiger partial charge in [0.2, 0.25) is 0 Å². The van der Waals surface area contributed by atoms with Crippen molar-refractivity contribution in [1.29, 1.82) is 0 Å². The summed E-state index contributed by atoms with van der Waals surface area (Å²) in [6, 6.07) is 3.61. The molecule has 3 rings (SSSR count). The minimum absolute atomic E-state index is 0.102. The lowest BCUT2D eigenvalue weighted by molar-refractivity contribution is -0.699. The van der Waals surface area contributed by atoms with Gasteiger partial charge in [0, 0.05) is 31.9 Å².